The van der Waals surface area contributed by atoms with Crippen molar-refractivity contribution >= 4 is 22.8 Å². The number of aromatic nitrogens is 3. The molecule has 0 aliphatic rings. The van der Waals surface area contributed by atoms with E-state index in [4.69, 9.17) is 11.6 Å². The van der Waals surface area contributed by atoms with Crippen LogP contribution in [0.2, 0.25) is 0 Å². The molecule has 5 heteroatoms. The molecule has 2 aromatic heterocycles. The highest BCUT2D eigenvalue weighted by atomic mass is 35.5. The zero-order chi connectivity index (χ0) is 13.1. The number of nitrogens with zero attached hydrogens (tertiary/aromatic N) is 4. The summed E-state index contributed by atoms with van der Waals surface area (Å²) in [6.45, 7) is 3.93. The van der Waals surface area contributed by atoms with Crippen LogP contribution >= 0.6 is 11.6 Å². The zero-order valence-electron chi connectivity index (χ0n) is 11.1. The molecule has 0 bridgehead atoms. The Morgan fingerprint density at radius 2 is 2.17 bits per heavy atom. The minimum absolute atomic E-state index is 0.588. The highest BCUT2D eigenvalue weighted by molar-refractivity contribution is 6.17. The Morgan fingerprint density at radius 1 is 1.39 bits per heavy atom. The van der Waals surface area contributed by atoms with E-state index in [9.17, 15) is 0 Å². The molecular formula is C13H19ClN4. The average Bonchev–Trinajstić information content (AvgIpc) is 2.66. The molecule has 0 atom stereocenters. The Balaban J connectivity index is 2.45. The van der Waals surface area contributed by atoms with Crippen molar-refractivity contribution in [2.75, 3.05) is 26.5 Å². The van der Waals surface area contributed by atoms with Crippen LogP contribution in [-0.2, 0) is 13.0 Å². The molecule has 0 saturated carbocycles. The summed E-state index contributed by atoms with van der Waals surface area (Å²) < 4.78 is 2.19. The number of aryl methyl sites for hydroxylation is 2. The van der Waals surface area contributed by atoms with Crippen LogP contribution in [0, 0.1) is 6.92 Å². The third-order valence-electron chi connectivity index (χ3n) is 3.00. The molecule has 0 aromatic carbocycles. The van der Waals surface area contributed by atoms with Crippen molar-refractivity contribution < 1.29 is 0 Å². The molecule has 0 unspecified atom stereocenters. The Hall–Kier alpha value is -1.13. The van der Waals surface area contributed by atoms with Gasteiger partial charge in [-0.2, -0.15) is 0 Å². The Kier molecular flexibility index (Phi) is 4.19. The summed E-state index contributed by atoms with van der Waals surface area (Å²) >= 11 is 5.85. The van der Waals surface area contributed by atoms with Gasteiger partial charge in [0.1, 0.15) is 11.3 Å². The van der Waals surface area contributed by atoms with E-state index >= 15 is 0 Å². The maximum atomic E-state index is 5.85. The van der Waals surface area contributed by atoms with Crippen LogP contribution in [0.1, 0.15) is 11.4 Å². The first kappa shape index (κ1) is 13.3. The molecule has 2 aromatic rings. The van der Waals surface area contributed by atoms with Gasteiger partial charge in [0.05, 0.1) is 0 Å². The molecule has 0 fully saturated rings. The predicted molar refractivity (Wildman–Crippen MR) is 75.2 cm³/mol. The quantitative estimate of drug-likeness (QED) is 0.777. The van der Waals surface area contributed by atoms with E-state index in [1.807, 2.05) is 12.3 Å². The number of alkyl halides is 1. The van der Waals surface area contributed by atoms with E-state index in [1.54, 1.807) is 0 Å². The van der Waals surface area contributed by atoms with Gasteiger partial charge in [0, 0.05) is 31.6 Å². The zero-order valence-corrected chi connectivity index (χ0v) is 11.9. The van der Waals surface area contributed by atoms with E-state index in [0.717, 1.165) is 36.5 Å². The summed E-state index contributed by atoms with van der Waals surface area (Å²) in [7, 11) is 4.14. The first-order valence-corrected chi connectivity index (χ1v) is 6.68. The maximum absolute atomic E-state index is 5.85. The van der Waals surface area contributed by atoms with Gasteiger partial charge in [-0.15, -0.1) is 11.6 Å². The molecule has 0 saturated heterocycles. The van der Waals surface area contributed by atoms with E-state index < -0.39 is 0 Å². The summed E-state index contributed by atoms with van der Waals surface area (Å²) in [5.41, 5.74) is 3.13. The summed E-state index contributed by atoms with van der Waals surface area (Å²) in [6.07, 6.45) is 2.63. The molecule has 98 valence electrons. The fraction of sp³-hybridized carbons (Fsp3) is 0.538. The lowest BCUT2D eigenvalue weighted by Crippen LogP contribution is -2.20. The van der Waals surface area contributed by atoms with E-state index in [-0.39, 0.29) is 0 Å². The van der Waals surface area contributed by atoms with Gasteiger partial charge in [-0.1, -0.05) is 0 Å². The monoisotopic (exact) mass is 266 g/mol. The normalized spacial score (nSPS) is 11.6. The lowest BCUT2D eigenvalue weighted by molar-refractivity contribution is 0.383. The Morgan fingerprint density at radius 3 is 2.83 bits per heavy atom. The van der Waals surface area contributed by atoms with E-state index in [2.05, 4.69) is 40.5 Å². The van der Waals surface area contributed by atoms with Crippen molar-refractivity contribution in [2.24, 2.45) is 0 Å². The first-order chi connectivity index (χ1) is 8.63. The van der Waals surface area contributed by atoms with Crippen molar-refractivity contribution in [2.45, 2.75) is 19.9 Å². The van der Waals surface area contributed by atoms with Crippen LogP contribution in [-0.4, -0.2) is 46.0 Å². The number of fused-ring (bicyclic) bond motifs is 1. The molecule has 0 aliphatic carbocycles. The SMILES string of the molecule is Cc1ccnc2c1nc(CCCl)n2CCN(C)C. The van der Waals surface area contributed by atoms with Gasteiger partial charge in [-0.05, 0) is 32.6 Å². The van der Waals surface area contributed by atoms with E-state index in [0.29, 0.717) is 5.88 Å². The lowest BCUT2D eigenvalue weighted by Gasteiger charge is -2.12. The van der Waals surface area contributed by atoms with Crippen LogP contribution in [0.15, 0.2) is 12.3 Å². The molecule has 18 heavy (non-hydrogen) atoms. The number of pyridine rings is 1. The number of hydrogen-bond donors (Lipinski definition) is 0. The largest absolute Gasteiger partial charge is 0.311 e. The number of rotatable bonds is 5. The van der Waals surface area contributed by atoms with Crippen molar-refractivity contribution in [3.63, 3.8) is 0 Å². The summed E-state index contributed by atoms with van der Waals surface area (Å²) in [5.74, 6) is 1.62. The Labute approximate surface area is 113 Å². The third kappa shape index (κ3) is 2.65. The van der Waals surface area contributed by atoms with Gasteiger partial charge in [0.15, 0.2) is 5.65 Å². The molecular weight excluding hydrogens is 248 g/mol. The maximum Gasteiger partial charge on any atom is 0.160 e. The first-order valence-electron chi connectivity index (χ1n) is 6.15. The standard InChI is InChI=1S/C13H19ClN4/c1-10-5-7-15-13-12(10)16-11(4-6-14)18(13)9-8-17(2)3/h5,7H,4,6,8-9H2,1-3H3. The third-order valence-corrected chi connectivity index (χ3v) is 3.19. The highest BCUT2D eigenvalue weighted by Gasteiger charge is 2.12. The number of imidazole rings is 1. The summed E-state index contributed by atoms with van der Waals surface area (Å²) in [5, 5.41) is 0. The molecule has 0 N–H and O–H groups in total. The van der Waals surface area contributed by atoms with Crippen molar-refractivity contribution in [3.05, 3.63) is 23.7 Å². The lowest BCUT2D eigenvalue weighted by atomic mass is 10.3. The van der Waals surface area contributed by atoms with Crippen LogP contribution in [0.5, 0.6) is 0 Å². The topological polar surface area (TPSA) is 34.0 Å². The van der Waals surface area contributed by atoms with Gasteiger partial charge < -0.3 is 9.47 Å². The van der Waals surface area contributed by atoms with Gasteiger partial charge in [-0.3, -0.25) is 0 Å². The molecule has 2 rings (SSSR count). The molecule has 0 spiro atoms. The molecule has 0 amide bonds. The smallest absolute Gasteiger partial charge is 0.160 e. The summed E-state index contributed by atoms with van der Waals surface area (Å²) in [4.78, 5) is 11.3. The fourth-order valence-corrected chi connectivity index (χ4v) is 2.16. The predicted octanol–water partition coefficient (Wildman–Crippen LogP) is 2.08. The van der Waals surface area contributed by atoms with Gasteiger partial charge in [0.2, 0.25) is 0 Å². The number of hydrogen-bond acceptors (Lipinski definition) is 3. The average molecular weight is 267 g/mol. The van der Waals surface area contributed by atoms with Crippen LogP contribution in [0.4, 0.5) is 0 Å². The minimum atomic E-state index is 0.588. The van der Waals surface area contributed by atoms with Gasteiger partial charge in [0.25, 0.3) is 0 Å². The van der Waals surface area contributed by atoms with Crippen LogP contribution < -0.4 is 0 Å². The molecule has 2 heterocycles. The van der Waals surface area contributed by atoms with Crippen LogP contribution in [0.25, 0.3) is 11.2 Å². The number of halogens is 1. The van der Waals surface area contributed by atoms with Gasteiger partial charge in [-0.25, -0.2) is 9.97 Å². The van der Waals surface area contributed by atoms with Crippen molar-refractivity contribution in [3.8, 4) is 0 Å². The van der Waals surface area contributed by atoms with E-state index in [1.165, 1.54) is 5.56 Å². The second-order valence-electron chi connectivity index (χ2n) is 4.72. The highest BCUT2D eigenvalue weighted by Crippen LogP contribution is 2.18. The minimum Gasteiger partial charge on any atom is -0.311 e. The molecule has 0 aliphatic heterocycles. The summed E-state index contributed by atoms with van der Waals surface area (Å²) in [6, 6.07) is 2.00. The molecule has 0 radical (unpaired) electrons. The second kappa shape index (κ2) is 5.67. The second-order valence-corrected chi connectivity index (χ2v) is 5.10. The van der Waals surface area contributed by atoms with Gasteiger partial charge >= 0.3 is 0 Å². The fourth-order valence-electron chi connectivity index (χ4n) is 1.99. The van der Waals surface area contributed by atoms with Crippen molar-refractivity contribution in [1.82, 2.24) is 19.4 Å². The Bertz CT molecular complexity index is 533. The molecule has 4 nitrogen and oxygen atoms in total. The van der Waals surface area contributed by atoms with Crippen molar-refractivity contribution in [1.29, 1.82) is 0 Å². The number of likely N-dealkylation sites (N-methyl/N-ethyl adjacent to an activating group) is 1. The van der Waals surface area contributed by atoms with Crippen LogP contribution in [0.3, 0.4) is 0 Å².